The van der Waals surface area contributed by atoms with Crippen LogP contribution in [0, 0.1) is 0 Å². The van der Waals surface area contributed by atoms with Gasteiger partial charge in [0.15, 0.2) is 0 Å². The maximum absolute atomic E-state index is 14.2. The van der Waals surface area contributed by atoms with Gasteiger partial charge in [0, 0.05) is 19.0 Å². The summed E-state index contributed by atoms with van der Waals surface area (Å²) in [7, 11) is 0. The summed E-state index contributed by atoms with van der Waals surface area (Å²) in [6, 6.07) is 4.15. The molecule has 0 radical (unpaired) electrons. The summed E-state index contributed by atoms with van der Waals surface area (Å²) < 4.78 is 5.39. The lowest BCUT2D eigenvalue weighted by molar-refractivity contribution is -0.143. The van der Waals surface area contributed by atoms with Crippen molar-refractivity contribution in [2.45, 2.75) is 128 Å². The second-order valence-electron chi connectivity index (χ2n) is 12.0. The number of unbranched alkanes of at least 4 members (excludes halogenated alkanes) is 4. The molecule has 1 aromatic carbocycles. The van der Waals surface area contributed by atoms with Gasteiger partial charge >= 0.3 is 6.09 Å². The molecule has 0 aromatic heterocycles. The molecule has 4 amide bonds. The summed E-state index contributed by atoms with van der Waals surface area (Å²) in [5.74, 6) is -1.37. The lowest BCUT2D eigenvalue weighted by atomic mass is 9.94. The largest absolute Gasteiger partial charge is 0.508 e. The van der Waals surface area contributed by atoms with E-state index in [9.17, 15) is 24.3 Å². The smallest absolute Gasteiger partial charge is 0.408 e. The molecule has 0 heterocycles. The predicted octanol–water partition coefficient (Wildman–Crippen LogP) is 4.84. The van der Waals surface area contributed by atoms with E-state index in [1.54, 1.807) is 32.9 Å². The van der Waals surface area contributed by atoms with Gasteiger partial charge in [-0.15, -0.1) is 0 Å². The standard InChI is InChI=1S/C31H50N4O6/c1-5-6-7-8-12-21-35(29(39)25(19-20-26(32)37)34-30(40)41-31(2,3)4)27(22-15-17-24(36)18-16-22)28(38)33-23-13-10-9-11-14-23/h15-18,23,25,27,36H,5-14,19-21H2,1-4H3,(H2,32,37)(H,33,38)(H,34,40). The van der Waals surface area contributed by atoms with Gasteiger partial charge in [-0.25, -0.2) is 4.79 Å². The molecular weight excluding hydrogens is 524 g/mol. The number of carbonyl (C=O) groups excluding carboxylic acids is 4. The Labute approximate surface area is 244 Å². The Hall–Kier alpha value is -3.30. The first-order valence-electron chi connectivity index (χ1n) is 15.1. The van der Waals surface area contributed by atoms with Crippen molar-refractivity contribution in [3.63, 3.8) is 0 Å². The molecule has 2 atom stereocenters. The van der Waals surface area contributed by atoms with Gasteiger partial charge in [-0.3, -0.25) is 14.4 Å². The fourth-order valence-corrected chi connectivity index (χ4v) is 5.10. The number of rotatable bonds is 15. The van der Waals surface area contributed by atoms with Crippen molar-refractivity contribution in [2.24, 2.45) is 5.73 Å². The number of hydrogen-bond acceptors (Lipinski definition) is 6. The van der Waals surface area contributed by atoms with Crippen LogP contribution in [0.25, 0.3) is 0 Å². The number of amides is 4. The number of phenols is 1. The van der Waals surface area contributed by atoms with Crippen LogP contribution in [0.5, 0.6) is 5.75 Å². The van der Waals surface area contributed by atoms with Crippen LogP contribution in [-0.4, -0.2) is 58.1 Å². The van der Waals surface area contributed by atoms with Gasteiger partial charge in [-0.05, 0) is 64.2 Å². The number of carbonyl (C=O) groups is 4. The SMILES string of the molecule is CCCCCCCN(C(=O)C(CCC(N)=O)NC(=O)OC(C)(C)C)C(C(=O)NC1CCCCC1)c1ccc(O)cc1. The van der Waals surface area contributed by atoms with Crippen LogP contribution in [0.4, 0.5) is 4.79 Å². The Morgan fingerprint density at radius 2 is 1.66 bits per heavy atom. The third-order valence-corrected chi connectivity index (χ3v) is 7.17. The molecule has 5 N–H and O–H groups in total. The Kier molecular flexibility index (Phi) is 13.9. The lowest BCUT2D eigenvalue weighted by Crippen LogP contribution is -2.54. The van der Waals surface area contributed by atoms with Crippen LogP contribution in [0.2, 0.25) is 0 Å². The van der Waals surface area contributed by atoms with Crippen LogP contribution in [0.1, 0.15) is 116 Å². The number of nitrogens with zero attached hydrogens (tertiary/aromatic N) is 1. The van der Waals surface area contributed by atoms with Crippen molar-refractivity contribution < 1.29 is 29.0 Å². The molecule has 0 bridgehead atoms. The van der Waals surface area contributed by atoms with E-state index in [0.29, 0.717) is 12.0 Å². The number of phenolic OH excluding ortho intramolecular Hbond substituents is 1. The predicted molar refractivity (Wildman–Crippen MR) is 158 cm³/mol. The molecule has 0 spiro atoms. The number of primary amides is 1. The summed E-state index contributed by atoms with van der Waals surface area (Å²) in [4.78, 5) is 54.0. The van der Waals surface area contributed by atoms with E-state index < -0.39 is 35.6 Å². The molecule has 0 aliphatic heterocycles. The zero-order valence-corrected chi connectivity index (χ0v) is 25.2. The molecular formula is C31H50N4O6. The van der Waals surface area contributed by atoms with Crippen LogP contribution in [0.3, 0.4) is 0 Å². The molecule has 41 heavy (non-hydrogen) atoms. The highest BCUT2D eigenvalue weighted by atomic mass is 16.6. The summed E-state index contributed by atoms with van der Waals surface area (Å²) >= 11 is 0. The van der Waals surface area contributed by atoms with E-state index >= 15 is 0 Å². The number of nitrogens with one attached hydrogen (secondary N) is 2. The summed E-state index contributed by atoms with van der Waals surface area (Å²) in [5, 5.41) is 15.7. The van der Waals surface area contributed by atoms with Crippen molar-refractivity contribution in [2.75, 3.05) is 6.54 Å². The maximum atomic E-state index is 14.2. The Balaban J connectivity index is 2.45. The van der Waals surface area contributed by atoms with Crippen LogP contribution < -0.4 is 16.4 Å². The Morgan fingerprint density at radius 1 is 1.02 bits per heavy atom. The van der Waals surface area contributed by atoms with Crippen molar-refractivity contribution >= 4 is 23.8 Å². The lowest BCUT2D eigenvalue weighted by Gasteiger charge is -2.36. The number of alkyl carbamates (subject to hydrolysis) is 1. The minimum absolute atomic E-state index is 0.0166. The molecule has 1 fully saturated rings. The molecule has 1 aromatic rings. The van der Waals surface area contributed by atoms with Crippen LogP contribution >= 0.6 is 0 Å². The quantitative estimate of drug-likeness (QED) is 0.220. The topological polar surface area (TPSA) is 151 Å². The summed E-state index contributed by atoms with van der Waals surface area (Å²) in [6.07, 6.45) is 8.65. The number of nitrogens with two attached hydrogens (primary N) is 1. The summed E-state index contributed by atoms with van der Waals surface area (Å²) in [5.41, 5.74) is 5.15. The van der Waals surface area contributed by atoms with Crippen LogP contribution in [-0.2, 0) is 19.1 Å². The Morgan fingerprint density at radius 3 is 2.24 bits per heavy atom. The number of aromatic hydroxyl groups is 1. The van der Waals surface area contributed by atoms with E-state index in [2.05, 4.69) is 17.6 Å². The van der Waals surface area contributed by atoms with Crippen molar-refractivity contribution in [1.82, 2.24) is 15.5 Å². The number of benzene rings is 1. The molecule has 10 nitrogen and oxygen atoms in total. The van der Waals surface area contributed by atoms with E-state index in [-0.39, 0.29) is 37.1 Å². The van der Waals surface area contributed by atoms with Gasteiger partial charge in [-0.2, -0.15) is 0 Å². The highest BCUT2D eigenvalue weighted by Crippen LogP contribution is 2.27. The second-order valence-corrected chi connectivity index (χ2v) is 12.0. The Bertz CT molecular complexity index is 985. The first-order valence-corrected chi connectivity index (χ1v) is 15.1. The van der Waals surface area contributed by atoms with Crippen LogP contribution in [0.15, 0.2) is 24.3 Å². The summed E-state index contributed by atoms with van der Waals surface area (Å²) in [6.45, 7) is 7.54. The number of hydrogen-bond donors (Lipinski definition) is 4. The highest BCUT2D eigenvalue weighted by Gasteiger charge is 2.37. The van der Waals surface area contributed by atoms with Gasteiger partial charge < -0.3 is 31.1 Å². The van der Waals surface area contributed by atoms with E-state index in [1.165, 1.54) is 17.0 Å². The normalized spacial score (nSPS) is 15.4. The molecule has 2 unspecified atom stereocenters. The van der Waals surface area contributed by atoms with Gasteiger partial charge in [0.05, 0.1) is 0 Å². The van der Waals surface area contributed by atoms with E-state index in [4.69, 9.17) is 10.5 Å². The minimum Gasteiger partial charge on any atom is -0.508 e. The molecule has 0 saturated heterocycles. The highest BCUT2D eigenvalue weighted by molar-refractivity contribution is 5.92. The average Bonchev–Trinajstić information content (AvgIpc) is 2.90. The number of ether oxygens (including phenoxy) is 1. The average molecular weight is 575 g/mol. The molecule has 1 aliphatic rings. The van der Waals surface area contributed by atoms with Crippen molar-refractivity contribution in [3.05, 3.63) is 29.8 Å². The third-order valence-electron chi connectivity index (χ3n) is 7.17. The molecule has 1 aliphatic carbocycles. The second kappa shape index (κ2) is 16.8. The molecule has 230 valence electrons. The fourth-order valence-electron chi connectivity index (χ4n) is 5.10. The third kappa shape index (κ3) is 12.4. The first-order chi connectivity index (χ1) is 19.4. The maximum Gasteiger partial charge on any atom is 0.408 e. The van der Waals surface area contributed by atoms with Crippen molar-refractivity contribution in [3.8, 4) is 5.75 Å². The van der Waals surface area contributed by atoms with Gasteiger partial charge in [-0.1, -0.05) is 64.0 Å². The zero-order chi connectivity index (χ0) is 30.4. The van der Waals surface area contributed by atoms with E-state index in [1.807, 2.05) is 0 Å². The first kappa shape index (κ1) is 33.9. The molecule has 10 heteroatoms. The monoisotopic (exact) mass is 574 g/mol. The fraction of sp³-hybridized carbons (Fsp3) is 0.677. The van der Waals surface area contributed by atoms with E-state index in [0.717, 1.165) is 57.8 Å². The zero-order valence-electron chi connectivity index (χ0n) is 25.2. The molecule has 2 rings (SSSR count). The van der Waals surface area contributed by atoms with Crippen molar-refractivity contribution in [1.29, 1.82) is 0 Å². The van der Waals surface area contributed by atoms with Gasteiger partial charge in [0.1, 0.15) is 23.4 Å². The van der Waals surface area contributed by atoms with Gasteiger partial charge in [0.25, 0.3) is 0 Å². The van der Waals surface area contributed by atoms with Gasteiger partial charge in [0.2, 0.25) is 17.7 Å². The molecule has 1 saturated carbocycles. The minimum atomic E-state index is -1.13.